The van der Waals surface area contributed by atoms with Crippen LogP contribution in [0, 0.1) is 5.92 Å². The monoisotopic (exact) mass is 520 g/mol. The van der Waals surface area contributed by atoms with Crippen LogP contribution in [0.2, 0.25) is 0 Å². The minimum atomic E-state index is -1.04. The lowest BCUT2D eigenvalue weighted by Gasteiger charge is -2.19. The molecule has 3 heterocycles. The number of carbonyl (C=O) groups excluding carboxylic acids is 1. The molecule has 10 heteroatoms. The maximum absolute atomic E-state index is 13.8. The van der Waals surface area contributed by atoms with Gasteiger partial charge in [-0.1, -0.05) is 24.8 Å². The first kappa shape index (κ1) is 24.7. The molecule has 0 spiro atoms. The predicted molar refractivity (Wildman–Crippen MR) is 140 cm³/mol. The fourth-order valence-corrected chi connectivity index (χ4v) is 5.73. The third-order valence-electron chi connectivity index (χ3n) is 7.78. The number of aromatic nitrogens is 3. The van der Waals surface area contributed by atoms with E-state index in [1.807, 2.05) is 24.1 Å². The minimum Gasteiger partial charge on any atom is -0.462 e. The van der Waals surface area contributed by atoms with Gasteiger partial charge in [0.25, 0.3) is 5.91 Å². The van der Waals surface area contributed by atoms with E-state index in [4.69, 9.17) is 9.72 Å². The number of anilines is 1. The van der Waals surface area contributed by atoms with Crippen LogP contribution >= 0.6 is 0 Å². The highest BCUT2D eigenvalue weighted by molar-refractivity contribution is 5.91. The van der Waals surface area contributed by atoms with Gasteiger partial charge in [-0.3, -0.25) is 9.69 Å². The Morgan fingerprint density at radius 3 is 2.84 bits per heavy atom. The molecule has 0 bridgehead atoms. The molecule has 6 rings (SSSR count). The van der Waals surface area contributed by atoms with Crippen LogP contribution < -0.4 is 15.4 Å². The van der Waals surface area contributed by atoms with E-state index < -0.39 is 17.9 Å². The van der Waals surface area contributed by atoms with Gasteiger partial charge in [0.2, 0.25) is 0 Å². The van der Waals surface area contributed by atoms with Crippen molar-refractivity contribution in [3.05, 3.63) is 53.9 Å². The van der Waals surface area contributed by atoms with Gasteiger partial charge in [0.1, 0.15) is 18.6 Å². The molecule has 3 aromatic rings. The zero-order chi connectivity index (χ0) is 26.4. The van der Waals surface area contributed by atoms with Crippen LogP contribution in [0.4, 0.5) is 14.6 Å². The lowest BCUT2D eigenvalue weighted by molar-refractivity contribution is -0.118. The summed E-state index contributed by atoms with van der Waals surface area (Å²) in [7, 11) is 1.87. The number of carbonyl (C=O) groups is 1. The SMILES string of the molecule is C=C(F)C(=O)NCCNc1nc(OC[C@@H]2C[C@@H](F)CN2C)nc2nc(-c3cccc4c3C3CC3C4)ccc12. The summed E-state index contributed by atoms with van der Waals surface area (Å²) >= 11 is 0. The highest BCUT2D eigenvalue weighted by Crippen LogP contribution is 2.58. The van der Waals surface area contributed by atoms with Crippen LogP contribution in [0.15, 0.2) is 42.7 Å². The Bertz CT molecular complexity index is 1420. The number of likely N-dealkylation sites (N-methyl/N-ethyl adjacent to an activating group) is 1. The molecular weight excluding hydrogens is 490 g/mol. The Kier molecular flexibility index (Phi) is 6.43. The molecule has 1 saturated heterocycles. The lowest BCUT2D eigenvalue weighted by Crippen LogP contribution is -2.31. The quantitative estimate of drug-likeness (QED) is 0.328. The predicted octanol–water partition coefficient (Wildman–Crippen LogP) is 3.78. The van der Waals surface area contributed by atoms with Gasteiger partial charge in [-0.25, -0.2) is 13.8 Å². The number of hydrogen-bond donors (Lipinski definition) is 2. The maximum Gasteiger partial charge on any atom is 0.320 e. The summed E-state index contributed by atoms with van der Waals surface area (Å²) in [6, 6.07) is 10.4. The summed E-state index contributed by atoms with van der Waals surface area (Å²) < 4.78 is 32.7. The van der Waals surface area contributed by atoms with E-state index in [2.05, 4.69) is 45.4 Å². The standard InChI is InChI=1S/C28H30F2N6O2/c1-15(29)27(37)32-9-8-31-25-21-6-7-23(20-5-3-4-16-10-17-11-22(17)24(16)20)33-26(21)35-28(34-25)38-14-19-12-18(30)13-36(19)2/h3-7,17-19,22H,1,8-14H2,2H3,(H,32,37)(H,31,33,34,35)/t17?,18-,19+,22?/m1/s1. The van der Waals surface area contributed by atoms with Gasteiger partial charge >= 0.3 is 6.01 Å². The second-order valence-electron chi connectivity index (χ2n) is 10.4. The van der Waals surface area contributed by atoms with Gasteiger partial charge < -0.3 is 15.4 Å². The van der Waals surface area contributed by atoms with Crippen LogP contribution in [-0.4, -0.2) is 71.3 Å². The average molecular weight is 521 g/mol. The molecule has 3 aliphatic rings. The van der Waals surface area contributed by atoms with Crippen LogP contribution in [0.1, 0.15) is 29.9 Å². The molecule has 8 nitrogen and oxygen atoms in total. The molecule has 2 unspecified atom stereocenters. The van der Waals surface area contributed by atoms with Crippen LogP contribution in [0.3, 0.4) is 0 Å². The molecule has 1 aliphatic heterocycles. The molecule has 4 atom stereocenters. The molecule has 2 aliphatic carbocycles. The number of alkyl halides is 1. The summed E-state index contributed by atoms with van der Waals surface area (Å²) in [5.74, 6) is -0.0194. The summed E-state index contributed by atoms with van der Waals surface area (Å²) in [5, 5.41) is 6.31. The highest BCUT2D eigenvalue weighted by atomic mass is 19.1. The Morgan fingerprint density at radius 2 is 2.05 bits per heavy atom. The first-order chi connectivity index (χ1) is 18.4. The smallest absolute Gasteiger partial charge is 0.320 e. The van der Waals surface area contributed by atoms with E-state index in [1.165, 1.54) is 17.5 Å². The number of amides is 1. The molecule has 2 fully saturated rings. The number of ether oxygens (including phenoxy) is 1. The van der Waals surface area contributed by atoms with Gasteiger partial charge in [-0.2, -0.15) is 9.97 Å². The van der Waals surface area contributed by atoms with Crippen LogP contribution in [0.5, 0.6) is 6.01 Å². The van der Waals surface area contributed by atoms with Crippen molar-refractivity contribution >= 4 is 22.8 Å². The molecule has 38 heavy (non-hydrogen) atoms. The Hall–Kier alpha value is -3.66. The molecule has 2 aromatic heterocycles. The first-order valence-electron chi connectivity index (χ1n) is 13.0. The third kappa shape index (κ3) is 4.80. The maximum atomic E-state index is 13.8. The number of likely N-dealkylation sites (tertiary alicyclic amines) is 1. The van der Waals surface area contributed by atoms with E-state index in [9.17, 15) is 13.6 Å². The molecule has 198 valence electrons. The number of nitrogens with zero attached hydrogens (tertiary/aromatic N) is 4. The van der Waals surface area contributed by atoms with Gasteiger partial charge in [0.05, 0.1) is 11.1 Å². The fourth-order valence-electron chi connectivity index (χ4n) is 5.73. The van der Waals surface area contributed by atoms with E-state index in [1.54, 1.807) is 0 Å². The van der Waals surface area contributed by atoms with E-state index >= 15 is 0 Å². The zero-order valence-corrected chi connectivity index (χ0v) is 21.2. The van der Waals surface area contributed by atoms with Crippen molar-refractivity contribution in [1.29, 1.82) is 0 Å². The summed E-state index contributed by atoms with van der Waals surface area (Å²) in [5.41, 5.74) is 5.28. The van der Waals surface area contributed by atoms with Gasteiger partial charge in [0.15, 0.2) is 11.5 Å². The number of halogens is 2. The minimum absolute atomic E-state index is 0.0672. The number of pyridine rings is 1. The molecule has 1 aromatic carbocycles. The number of benzene rings is 1. The third-order valence-corrected chi connectivity index (χ3v) is 7.78. The molecule has 0 radical (unpaired) electrons. The number of hydrogen-bond acceptors (Lipinski definition) is 7. The number of nitrogens with one attached hydrogen (secondary N) is 2. The van der Waals surface area contributed by atoms with Crippen LogP contribution in [0.25, 0.3) is 22.3 Å². The number of fused-ring (bicyclic) bond motifs is 4. The Balaban J connectivity index is 1.29. The fraction of sp³-hybridized carbons (Fsp3) is 0.429. The van der Waals surface area contributed by atoms with Crippen molar-refractivity contribution in [2.45, 2.75) is 37.4 Å². The molecular formula is C28H30F2N6O2. The first-order valence-corrected chi connectivity index (χ1v) is 13.0. The van der Waals surface area contributed by atoms with Gasteiger partial charge in [-0.05, 0) is 61.4 Å². The molecule has 2 N–H and O–H groups in total. The largest absolute Gasteiger partial charge is 0.462 e. The Labute approximate surface area is 219 Å². The normalized spacial score (nSPS) is 23.7. The van der Waals surface area contributed by atoms with Crippen molar-refractivity contribution in [3.8, 4) is 17.3 Å². The second-order valence-corrected chi connectivity index (χ2v) is 10.4. The lowest BCUT2D eigenvalue weighted by atomic mass is 9.97. The van der Waals surface area contributed by atoms with E-state index in [0.717, 1.165) is 23.6 Å². The zero-order valence-electron chi connectivity index (χ0n) is 21.2. The molecule has 1 amide bonds. The summed E-state index contributed by atoms with van der Waals surface area (Å²) in [6.07, 6.45) is 1.91. The van der Waals surface area contributed by atoms with E-state index in [0.29, 0.717) is 35.7 Å². The summed E-state index contributed by atoms with van der Waals surface area (Å²) in [6.45, 7) is 4.09. The van der Waals surface area contributed by atoms with Gasteiger partial charge in [0, 0.05) is 31.2 Å². The number of rotatable bonds is 9. The summed E-state index contributed by atoms with van der Waals surface area (Å²) in [4.78, 5) is 27.4. The molecule has 1 saturated carbocycles. The van der Waals surface area contributed by atoms with Crippen LogP contribution in [-0.2, 0) is 11.2 Å². The van der Waals surface area contributed by atoms with Crippen molar-refractivity contribution in [2.24, 2.45) is 5.92 Å². The second kappa shape index (κ2) is 9.90. The van der Waals surface area contributed by atoms with Crippen molar-refractivity contribution in [1.82, 2.24) is 25.2 Å². The van der Waals surface area contributed by atoms with Crippen molar-refractivity contribution in [3.63, 3.8) is 0 Å². The Morgan fingerprint density at radius 1 is 1.18 bits per heavy atom. The highest BCUT2D eigenvalue weighted by Gasteiger charge is 2.46. The topological polar surface area (TPSA) is 92.3 Å². The van der Waals surface area contributed by atoms with E-state index in [-0.39, 0.29) is 31.7 Å². The van der Waals surface area contributed by atoms with Crippen molar-refractivity contribution < 1.29 is 18.3 Å². The van der Waals surface area contributed by atoms with Crippen molar-refractivity contribution in [2.75, 3.05) is 38.6 Å². The van der Waals surface area contributed by atoms with Gasteiger partial charge in [-0.15, -0.1) is 0 Å². The average Bonchev–Trinajstić information content (AvgIpc) is 3.45.